The highest BCUT2D eigenvalue weighted by atomic mass is 35.5. The predicted molar refractivity (Wildman–Crippen MR) is 103 cm³/mol. The van der Waals surface area contributed by atoms with Gasteiger partial charge in [0.05, 0.1) is 0 Å². The van der Waals surface area contributed by atoms with Gasteiger partial charge in [-0.1, -0.05) is 23.7 Å². The average molecular weight is 365 g/mol. The molecule has 0 bridgehead atoms. The van der Waals surface area contributed by atoms with Crippen LogP contribution in [-0.2, 0) is 6.42 Å². The zero-order valence-corrected chi connectivity index (χ0v) is 15.2. The Balaban J connectivity index is 1.62. The summed E-state index contributed by atoms with van der Waals surface area (Å²) in [6.07, 6.45) is 2.01. The fourth-order valence-corrected chi connectivity index (χ4v) is 3.09. The van der Waals surface area contributed by atoms with E-state index in [-0.39, 0.29) is 12.2 Å². The SMILES string of the molecule is Cc1[nH]nc(C(=O)Cc2cnc3[nH]c(-c4ccc(Cl)cc4)cc3c2)c1C. The van der Waals surface area contributed by atoms with Crippen molar-refractivity contribution in [2.45, 2.75) is 20.3 Å². The highest BCUT2D eigenvalue weighted by Gasteiger charge is 2.15. The summed E-state index contributed by atoms with van der Waals surface area (Å²) in [5.74, 6) is -0.0125. The molecule has 0 spiro atoms. The van der Waals surface area contributed by atoms with Crippen LogP contribution in [0.3, 0.4) is 0 Å². The van der Waals surface area contributed by atoms with Crippen molar-refractivity contribution in [3.05, 3.63) is 70.1 Å². The first-order valence-corrected chi connectivity index (χ1v) is 8.67. The van der Waals surface area contributed by atoms with Gasteiger partial charge in [0.1, 0.15) is 11.3 Å². The van der Waals surface area contributed by atoms with E-state index >= 15 is 0 Å². The van der Waals surface area contributed by atoms with Gasteiger partial charge in [-0.3, -0.25) is 9.89 Å². The predicted octanol–water partition coefficient (Wildman–Crippen LogP) is 4.65. The third-order valence-corrected chi connectivity index (χ3v) is 4.82. The fraction of sp³-hybridized carbons (Fsp3) is 0.150. The molecule has 2 N–H and O–H groups in total. The lowest BCUT2D eigenvalue weighted by Crippen LogP contribution is -2.06. The lowest BCUT2D eigenvalue weighted by Gasteiger charge is -2.00. The number of aryl methyl sites for hydroxylation is 1. The highest BCUT2D eigenvalue weighted by Crippen LogP contribution is 2.25. The van der Waals surface area contributed by atoms with Gasteiger partial charge >= 0.3 is 0 Å². The second kappa shape index (κ2) is 6.42. The minimum absolute atomic E-state index is 0.0125. The number of pyridine rings is 1. The molecule has 6 heteroatoms. The van der Waals surface area contributed by atoms with Gasteiger partial charge in [0.25, 0.3) is 0 Å². The molecule has 0 fully saturated rings. The topological polar surface area (TPSA) is 74.4 Å². The van der Waals surface area contributed by atoms with E-state index in [9.17, 15) is 4.79 Å². The maximum atomic E-state index is 12.5. The first-order chi connectivity index (χ1) is 12.5. The molecule has 1 aromatic carbocycles. The molecule has 0 radical (unpaired) electrons. The van der Waals surface area contributed by atoms with Crippen molar-refractivity contribution in [1.82, 2.24) is 20.2 Å². The summed E-state index contributed by atoms with van der Waals surface area (Å²) in [7, 11) is 0. The molecular formula is C20H17ClN4O. The summed E-state index contributed by atoms with van der Waals surface area (Å²) >= 11 is 5.95. The van der Waals surface area contributed by atoms with Crippen molar-refractivity contribution in [3.8, 4) is 11.3 Å². The quantitative estimate of drug-likeness (QED) is 0.517. The van der Waals surface area contributed by atoms with E-state index < -0.39 is 0 Å². The standard InChI is InChI=1S/C20H17ClN4O/c1-11-12(2)24-25-19(11)18(26)8-13-7-15-9-17(23-20(15)22-10-13)14-3-5-16(21)6-4-14/h3-7,9-10H,8H2,1-2H3,(H,22,23)(H,24,25). The summed E-state index contributed by atoms with van der Waals surface area (Å²) in [4.78, 5) is 20.3. The molecular weight excluding hydrogens is 348 g/mol. The molecule has 4 rings (SSSR count). The monoisotopic (exact) mass is 364 g/mol. The van der Waals surface area contributed by atoms with Crippen molar-refractivity contribution in [2.24, 2.45) is 0 Å². The number of ketones is 1. The van der Waals surface area contributed by atoms with Crippen LogP contribution in [0.4, 0.5) is 0 Å². The summed E-state index contributed by atoms with van der Waals surface area (Å²) in [5, 5.41) is 8.64. The van der Waals surface area contributed by atoms with Crippen molar-refractivity contribution in [1.29, 1.82) is 0 Å². The Morgan fingerprint density at radius 1 is 1.15 bits per heavy atom. The molecule has 130 valence electrons. The maximum Gasteiger partial charge on any atom is 0.187 e. The number of halogens is 1. The number of carbonyl (C=O) groups excluding carboxylic acids is 1. The van der Waals surface area contributed by atoms with Crippen LogP contribution in [-0.4, -0.2) is 25.9 Å². The first-order valence-electron chi connectivity index (χ1n) is 8.29. The van der Waals surface area contributed by atoms with Crippen LogP contribution in [0, 0.1) is 13.8 Å². The summed E-state index contributed by atoms with van der Waals surface area (Å²) in [6, 6.07) is 11.6. The minimum atomic E-state index is -0.0125. The van der Waals surface area contributed by atoms with E-state index in [0.717, 1.165) is 39.1 Å². The summed E-state index contributed by atoms with van der Waals surface area (Å²) in [5.41, 5.74) is 5.97. The summed E-state index contributed by atoms with van der Waals surface area (Å²) in [6.45, 7) is 3.81. The van der Waals surface area contributed by atoms with Gasteiger partial charge in [-0.05, 0) is 49.2 Å². The number of Topliss-reactive ketones (excluding diaryl/α,β-unsaturated/α-hetero) is 1. The molecule has 26 heavy (non-hydrogen) atoms. The van der Waals surface area contributed by atoms with Gasteiger partial charge in [0.15, 0.2) is 5.78 Å². The molecule has 0 aliphatic heterocycles. The number of nitrogens with one attached hydrogen (secondary N) is 2. The van der Waals surface area contributed by atoms with Crippen LogP contribution in [0.2, 0.25) is 5.02 Å². The van der Waals surface area contributed by atoms with E-state index in [1.165, 1.54) is 0 Å². The lowest BCUT2D eigenvalue weighted by molar-refractivity contribution is 0.0987. The van der Waals surface area contributed by atoms with E-state index in [4.69, 9.17) is 11.6 Å². The van der Waals surface area contributed by atoms with Gasteiger partial charge in [-0.25, -0.2) is 4.98 Å². The zero-order valence-electron chi connectivity index (χ0n) is 14.4. The Bertz CT molecular complexity index is 1110. The number of hydrogen-bond donors (Lipinski definition) is 2. The number of rotatable bonds is 4. The third-order valence-electron chi connectivity index (χ3n) is 4.56. The number of aromatic amines is 2. The van der Waals surface area contributed by atoms with Crippen LogP contribution >= 0.6 is 11.6 Å². The van der Waals surface area contributed by atoms with Crippen molar-refractivity contribution in [3.63, 3.8) is 0 Å². The van der Waals surface area contributed by atoms with E-state index in [1.54, 1.807) is 6.20 Å². The number of benzene rings is 1. The Labute approximate surface area is 155 Å². The number of aromatic nitrogens is 4. The number of fused-ring (bicyclic) bond motifs is 1. The van der Waals surface area contributed by atoms with Crippen molar-refractivity contribution in [2.75, 3.05) is 0 Å². The normalized spacial score (nSPS) is 11.2. The van der Waals surface area contributed by atoms with Gasteiger partial charge in [-0.15, -0.1) is 0 Å². The van der Waals surface area contributed by atoms with Crippen molar-refractivity contribution < 1.29 is 4.79 Å². The van der Waals surface area contributed by atoms with Crippen LogP contribution in [0.25, 0.3) is 22.3 Å². The van der Waals surface area contributed by atoms with Crippen LogP contribution in [0.15, 0.2) is 42.6 Å². The number of H-pyrrole nitrogens is 2. The molecule has 0 unspecified atom stereocenters. The van der Waals surface area contributed by atoms with Gasteiger partial charge in [-0.2, -0.15) is 5.10 Å². The molecule has 0 amide bonds. The van der Waals surface area contributed by atoms with Crippen molar-refractivity contribution >= 4 is 28.4 Å². The molecule has 0 saturated heterocycles. The van der Waals surface area contributed by atoms with E-state index in [1.807, 2.05) is 50.2 Å². The van der Waals surface area contributed by atoms with Gasteiger partial charge < -0.3 is 4.98 Å². The average Bonchev–Trinajstić information content (AvgIpc) is 3.19. The molecule has 5 nitrogen and oxygen atoms in total. The summed E-state index contributed by atoms with van der Waals surface area (Å²) < 4.78 is 0. The second-order valence-electron chi connectivity index (χ2n) is 6.39. The fourth-order valence-electron chi connectivity index (χ4n) is 2.97. The minimum Gasteiger partial charge on any atom is -0.339 e. The van der Waals surface area contributed by atoms with Gasteiger partial charge in [0.2, 0.25) is 0 Å². The van der Waals surface area contributed by atoms with E-state index in [0.29, 0.717) is 10.7 Å². The van der Waals surface area contributed by atoms with E-state index in [2.05, 4.69) is 20.2 Å². The Morgan fingerprint density at radius 2 is 1.92 bits per heavy atom. The number of nitrogens with zero attached hydrogens (tertiary/aromatic N) is 2. The third kappa shape index (κ3) is 3.02. The number of carbonyl (C=O) groups is 1. The first kappa shape index (κ1) is 16.5. The Kier molecular flexibility index (Phi) is 4.09. The van der Waals surface area contributed by atoms with Gasteiger partial charge in [0, 0.05) is 40.0 Å². The highest BCUT2D eigenvalue weighted by molar-refractivity contribution is 6.30. The molecule has 0 aliphatic carbocycles. The van der Waals surface area contributed by atoms with Crippen LogP contribution in [0.1, 0.15) is 27.3 Å². The largest absolute Gasteiger partial charge is 0.339 e. The smallest absolute Gasteiger partial charge is 0.187 e. The van der Waals surface area contributed by atoms with Crippen LogP contribution in [0.5, 0.6) is 0 Å². The Morgan fingerprint density at radius 3 is 2.62 bits per heavy atom. The maximum absolute atomic E-state index is 12.5. The molecule has 0 aliphatic rings. The zero-order chi connectivity index (χ0) is 18.3. The molecule has 3 heterocycles. The molecule has 0 atom stereocenters. The Hall–Kier alpha value is -2.92. The van der Waals surface area contributed by atoms with Crippen LogP contribution < -0.4 is 0 Å². The molecule has 0 saturated carbocycles. The molecule has 3 aromatic heterocycles. The number of hydrogen-bond acceptors (Lipinski definition) is 3. The molecule has 4 aromatic rings. The lowest BCUT2D eigenvalue weighted by atomic mass is 10.0. The second-order valence-corrected chi connectivity index (χ2v) is 6.83.